The number of nitrogens with zero attached hydrogens (tertiary/aromatic N) is 2. The SMILES string of the molecule is Cc1ccc(C(=O)N2C[C@H]3CCCO[C@H]3[C@@H](Nc3ccccn3)C2)o1. The van der Waals surface area contributed by atoms with Gasteiger partial charge in [0.2, 0.25) is 0 Å². The van der Waals surface area contributed by atoms with Crippen LogP contribution in [0.5, 0.6) is 0 Å². The Morgan fingerprint density at radius 2 is 2.20 bits per heavy atom. The monoisotopic (exact) mass is 341 g/mol. The van der Waals surface area contributed by atoms with Gasteiger partial charge in [0.1, 0.15) is 11.6 Å². The third-order valence-corrected chi connectivity index (χ3v) is 5.00. The van der Waals surface area contributed by atoms with Crippen LogP contribution in [0.1, 0.15) is 29.2 Å². The second-order valence-electron chi connectivity index (χ2n) is 6.82. The molecule has 2 aromatic rings. The molecule has 0 unspecified atom stereocenters. The first-order valence-corrected chi connectivity index (χ1v) is 8.85. The van der Waals surface area contributed by atoms with E-state index in [1.807, 2.05) is 36.1 Å². The number of hydrogen-bond acceptors (Lipinski definition) is 5. The summed E-state index contributed by atoms with van der Waals surface area (Å²) in [6.07, 6.45) is 3.99. The van der Waals surface area contributed by atoms with Crippen LogP contribution in [-0.4, -0.2) is 47.6 Å². The summed E-state index contributed by atoms with van der Waals surface area (Å²) in [6, 6.07) is 9.38. The number of carbonyl (C=O) groups is 1. The van der Waals surface area contributed by atoms with Crippen LogP contribution < -0.4 is 5.32 Å². The standard InChI is InChI=1S/C19H23N3O3/c1-13-7-8-16(25-13)19(23)22-11-14-5-4-10-24-18(14)15(12-22)21-17-6-2-3-9-20-17/h2-3,6-9,14-15,18H,4-5,10-12H2,1H3,(H,20,21)/t14-,15+,18-/m1/s1. The average molecular weight is 341 g/mol. The van der Waals surface area contributed by atoms with Crippen molar-refractivity contribution < 1.29 is 13.9 Å². The number of rotatable bonds is 3. The number of aromatic nitrogens is 1. The number of piperidine rings is 1. The molecule has 1 amide bonds. The summed E-state index contributed by atoms with van der Waals surface area (Å²) in [4.78, 5) is 19.1. The lowest BCUT2D eigenvalue weighted by atomic mass is 9.85. The number of anilines is 1. The number of ether oxygens (including phenoxy) is 1. The number of aryl methyl sites for hydroxylation is 1. The van der Waals surface area contributed by atoms with Crippen molar-refractivity contribution in [3.05, 3.63) is 48.0 Å². The maximum atomic E-state index is 12.8. The number of amides is 1. The molecule has 0 radical (unpaired) electrons. The van der Waals surface area contributed by atoms with Crippen LogP contribution in [0.15, 0.2) is 40.9 Å². The van der Waals surface area contributed by atoms with E-state index >= 15 is 0 Å². The molecule has 2 saturated heterocycles. The van der Waals surface area contributed by atoms with Gasteiger partial charge in [0.05, 0.1) is 12.1 Å². The second kappa shape index (κ2) is 6.88. The molecule has 1 N–H and O–H groups in total. The van der Waals surface area contributed by atoms with Crippen molar-refractivity contribution in [1.29, 1.82) is 0 Å². The molecule has 4 rings (SSSR count). The Bertz CT molecular complexity index is 731. The number of nitrogens with one attached hydrogen (secondary N) is 1. The number of hydrogen-bond donors (Lipinski definition) is 1. The van der Waals surface area contributed by atoms with Crippen molar-refractivity contribution in [3.8, 4) is 0 Å². The molecule has 4 heterocycles. The largest absolute Gasteiger partial charge is 0.456 e. The van der Waals surface area contributed by atoms with Crippen LogP contribution in [0.3, 0.4) is 0 Å². The molecule has 6 heteroatoms. The smallest absolute Gasteiger partial charge is 0.289 e. The van der Waals surface area contributed by atoms with Crippen LogP contribution in [-0.2, 0) is 4.74 Å². The van der Waals surface area contributed by atoms with Crippen molar-refractivity contribution in [1.82, 2.24) is 9.88 Å². The second-order valence-corrected chi connectivity index (χ2v) is 6.82. The molecule has 6 nitrogen and oxygen atoms in total. The number of pyridine rings is 1. The van der Waals surface area contributed by atoms with E-state index in [0.29, 0.717) is 24.8 Å². The summed E-state index contributed by atoms with van der Waals surface area (Å²) in [5.41, 5.74) is 0. The number of fused-ring (bicyclic) bond motifs is 1. The van der Waals surface area contributed by atoms with E-state index < -0.39 is 0 Å². The molecule has 0 saturated carbocycles. The van der Waals surface area contributed by atoms with Crippen molar-refractivity contribution >= 4 is 11.7 Å². The van der Waals surface area contributed by atoms with Gasteiger partial charge < -0.3 is 19.4 Å². The highest BCUT2D eigenvalue weighted by Gasteiger charge is 2.41. The molecule has 2 aliphatic heterocycles. The van der Waals surface area contributed by atoms with Crippen LogP contribution in [0.25, 0.3) is 0 Å². The molecule has 25 heavy (non-hydrogen) atoms. The first kappa shape index (κ1) is 16.1. The molecule has 3 atom stereocenters. The Morgan fingerprint density at radius 1 is 1.28 bits per heavy atom. The molecule has 2 aromatic heterocycles. The molecule has 0 aromatic carbocycles. The minimum Gasteiger partial charge on any atom is -0.456 e. The number of furan rings is 1. The Balaban J connectivity index is 1.54. The van der Waals surface area contributed by atoms with Crippen LogP contribution in [0, 0.1) is 12.8 Å². The van der Waals surface area contributed by atoms with Crippen molar-refractivity contribution in [3.63, 3.8) is 0 Å². The topological polar surface area (TPSA) is 67.6 Å². The summed E-state index contributed by atoms with van der Waals surface area (Å²) < 4.78 is 11.6. The third kappa shape index (κ3) is 3.39. The predicted molar refractivity (Wildman–Crippen MR) is 93.5 cm³/mol. The van der Waals surface area contributed by atoms with E-state index in [4.69, 9.17) is 9.15 Å². The van der Waals surface area contributed by atoms with Gasteiger partial charge in [-0.3, -0.25) is 4.79 Å². The highest BCUT2D eigenvalue weighted by Crippen LogP contribution is 2.31. The van der Waals surface area contributed by atoms with Gasteiger partial charge in [0.25, 0.3) is 5.91 Å². The first-order valence-electron chi connectivity index (χ1n) is 8.85. The van der Waals surface area contributed by atoms with Gasteiger partial charge in [0.15, 0.2) is 5.76 Å². The quantitative estimate of drug-likeness (QED) is 0.930. The Kier molecular flexibility index (Phi) is 4.44. The van der Waals surface area contributed by atoms with E-state index in [1.54, 1.807) is 12.3 Å². The fourth-order valence-electron chi connectivity index (χ4n) is 3.84. The maximum absolute atomic E-state index is 12.8. The van der Waals surface area contributed by atoms with Crippen LogP contribution in [0.2, 0.25) is 0 Å². The summed E-state index contributed by atoms with van der Waals surface area (Å²) in [7, 11) is 0. The zero-order chi connectivity index (χ0) is 17.2. The zero-order valence-corrected chi connectivity index (χ0v) is 14.4. The minimum absolute atomic E-state index is 0.0222. The van der Waals surface area contributed by atoms with Gasteiger partial charge in [-0.2, -0.15) is 0 Å². The molecule has 0 spiro atoms. The van der Waals surface area contributed by atoms with E-state index in [-0.39, 0.29) is 18.1 Å². The lowest BCUT2D eigenvalue weighted by molar-refractivity contribution is -0.0679. The van der Waals surface area contributed by atoms with Gasteiger partial charge >= 0.3 is 0 Å². The van der Waals surface area contributed by atoms with E-state index in [1.165, 1.54) is 0 Å². The van der Waals surface area contributed by atoms with Crippen molar-refractivity contribution in [2.75, 3.05) is 25.0 Å². The lowest BCUT2D eigenvalue weighted by Crippen LogP contribution is -2.59. The van der Waals surface area contributed by atoms with E-state index in [0.717, 1.165) is 31.0 Å². The summed E-state index contributed by atoms with van der Waals surface area (Å²) in [5.74, 6) is 2.25. The lowest BCUT2D eigenvalue weighted by Gasteiger charge is -2.45. The summed E-state index contributed by atoms with van der Waals surface area (Å²) in [5, 5.41) is 3.46. The minimum atomic E-state index is -0.0510. The Hall–Kier alpha value is -2.34. The highest BCUT2D eigenvalue weighted by atomic mass is 16.5. The van der Waals surface area contributed by atoms with Gasteiger partial charge in [-0.15, -0.1) is 0 Å². The molecular formula is C19H23N3O3. The van der Waals surface area contributed by atoms with Gasteiger partial charge in [-0.1, -0.05) is 6.07 Å². The fourth-order valence-corrected chi connectivity index (χ4v) is 3.84. The average Bonchev–Trinajstić information content (AvgIpc) is 3.08. The summed E-state index contributed by atoms with van der Waals surface area (Å²) >= 11 is 0. The van der Waals surface area contributed by atoms with Crippen molar-refractivity contribution in [2.45, 2.75) is 31.9 Å². The Morgan fingerprint density at radius 3 is 2.96 bits per heavy atom. The van der Waals surface area contributed by atoms with Crippen molar-refractivity contribution in [2.24, 2.45) is 5.92 Å². The first-order chi connectivity index (χ1) is 12.2. The summed E-state index contributed by atoms with van der Waals surface area (Å²) in [6.45, 7) is 3.93. The molecule has 2 aliphatic rings. The van der Waals surface area contributed by atoms with Gasteiger partial charge in [-0.25, -0.2) is 4.98 Å². The maximum Gasteiger partial charge on any atom is 0.289 e. The zero-order valence-electron chi connectivity index (χ0n) is 14.4. The number of carbonyl (C=O) groups excluding carboxylic acids is 1. The van der Waals surface area contributed by atoms with E-state index in [2.05, 4.69) is 10.3 Å². The van der Waals surface area contributed by atoms with Gasteiger partial charge in [-0.05, 0) is 44.0 Å². The number of likely N-dealkylation sites (tertiary alicyclic amines) is 1. The molecule has 0 bridgehead atoms. The fraction of sp³-hybridized carbons (Fsp3) is 0.474. The molecule has 0 aliphatic carbocycles. The molecule has 132 valence electrons. The molecular weight excluding hydrogens is 318 g/mol. The Labute approximate surface area is 147 Å². The molecule has 2 fully saturated rings. The van der Waals surface area contributed by atoms with E-state index in [9.17, 15) is 4.79 Å². The third-order valence-electron chi connectivity index (χ3n) is 5.00. The normalized spacial score (nSPS) is 26.1. The van der Waals surface area contributed by atoms with Gasteiger partial charge in [0, 0.05) is 31.8 Å². The predicted octanol–water partition coefficient (Wildman–Crippen LogP) is 2.71. The highest BCUT2D eigenvalue weighted by molar-refractivity contribution is 5.91. The van der Waals surface area contributed by atoms with Crippen LogP contribution >= 0.6 is 0 Å². The van der Waals surface area contributed by atoms with Crippen LogP contribution in [0.4, 0.5) is 5.82 Å².